The maximum atomic E-state index is 12.0. The number of carbonyl (C=O) groups is 2. The fourth-order valence-electron chi connectivity index (χ4n) is 3.19. The zero-order valence-corrected chi connectivity index (χ0v) is 15.2. The van der Waals surface area contributed by atoms with Gasteiger partial charge in [0.25, 0.3) is 0 Å². The van der Waals surface area contributed by atoms with Crippen LogP contribution in [0.15, 0.2) is 12.1 Å². The van der Waals surface area contributed by atoms with Crippen LogP contribution in [0.3, 0.4) is 0 Å². The van der Waals surface area contributed by atoms with E-state index < -0.39 is 11.9 Å². The molecule has 128 valence electrons. The zero-order valence-electron chi connectivity index (χ0n) is 14.3. The minimum Gasteiger partial charge on any atom is -0.460 e. The van der Waals surface area contributed by atoms with E-state index in [-0.39, 0.29) is 12.7 Å². The molecule has 1 aliphatic rings. The van der Waals surface area contributed by atoms with Crippen molar-refractivity contribution in [3.8, 4) is 0 Å². The molecule has 0 amide bonds. The van der Waals surface area contributed by atoms with E-state index in [0.29, 0.717) is 22.6 Å². The highest BCUT2D eigenvalue weighted by Crippen LogP contribution is 2.35. The summed E-state index contributed by atoms with van der Waals surface area (Å²) in [4.78, 5) is 25.4. The second-order valence-corrected chi connectivity index (χ2v) is 8.13. The van der Waals surface area contributed by atoms with E-state index in [1.807, 2.05) is 13.0 Å². The number of esters is 2. The van der Waals surface area contributed by atoms with Crippen LogP contribution in [0, 0.1) is 24.7 Å². The van der Waals surface area contributed by atoms with E-state index in [2.05, 4.69) is 20.8 Å². The van der Waals surface area contributed by atoms with E-state index in [9.17, 15) is 9.59 Å². The van der Waals surface area contributed by atoms with Crippen LogP contribution in [0.25, 0.3) is 0 Å². The number of hydrogen-bond donors (Lipinski definition) is 0. The fourth-order valence-corrected chi connectivity index (χ4v) is 3.95. The lowest BCUT2D eigenvalue weighted by Gasteiger charge is -2.36. The molecule has 1 aliphatic carbocycles. The predicted octanol–water partition coefficient (Wildman–Crippen LogP) is 4.22. The third-order valence-corrected chi connectivity index (χ3v) is 5.49. The lowest BCUT2D eigenvalue weighted by molar-refractivity contribution is -0.159. The summed E-state index contributed by atoms with van der Waals surface area (Å²) in [6, 6.07) is 3.57. The van der Waals surface area contributed by atoms with Crippen molar-refractivity contribution in [2.24, 2.45) is 17.8 Å². The number of ether oxygens (including phenoxy) is 2. The Bertz CT molecular complexity index is 549. The van der Waals surface area contributed by atoms with Crippen LogP contribution in [0.2, 0.25) is 0 Å². The average Bonchev–Trinajstić information content (AvgIpc) is 2.91. The topological polar surface area (TPSA) is 52.6 Å². The molecule has 1 aromatic heterocycles. The molecule has 0 aromatic carbocycles. The van der Waals surface area contributed by atoms with Crippen LogP contribution < -0.4 is 0 Å². The normalized spacial score (nSPS) is 24.5. The summed E-state index contributed by atoms with van der Waals surface area (Å²) in [5.74, 6) is 0.538. The van der Waals surface area contributed by atoms with Crippen LogP contribution in [0.1, 0.15) is 54.6 Å². The Hall–Kier alpha value is -1.36. The third kappa shape index (κ3) is 5.06. The molecule has 5 heteroatoms. The molecular weight excluding hydrogens is 312 g/mol. The molecule has 3 atom stereocenters. The molecule has 2 rings (SSSR count). The highest BCUT2D eigenvalue weighted by molar-refractivity contribution is 7.13. The number of carbonyl (C=O) groups excluding carboxylic acids is 2. The standard InChI is InChI=1S/C18H26O4S/c1-11(2)14-7-5-12(3)9-15(14)22-17(19)10-21-18(20)16-8-6-13(4)23-16/h6,8,11-12,14-15H,5,7,9-10H2,1-4H3/t12-,14-,15+/m0/s1. The molecule has 0 radical (unpaired) electrons. The van der Waals surface area contributed by atoms with Crippen molar-refractivity contribution < 1.29 is 19.1 Å². The van der Waals surface area contributed by atoms with Gasteiger partial charge in [-0.3, -0.25) is 0 Å². The number of rotatable bonds is 5. The van der Waals surface area contributed by atoms with Gasteiger partial charge in [-0.2, -0.15) is 0 Å². The van der Waals surface area contributed by atoms with Crippen molar-refractivity contribution in [3.63, 3.8) is 0 Å². The van der Waals surface area contributed by atoms with Crippen molar-refractivity contribution >= 4 is 23.3 Å². The van der Waals surface area contributed by atoms with Gasteiger partial charge in [-0.15, -0.1) is 11.3 Å². The first-order valence-electron chi connectivity index (χ1n) is 8.30. The quantitative estimate of drug-likeness (QED) is 0.754. The maximum Gasteiger partial charge on any atom is 0.348 e. The van der Waals surface area contributed by atoms with Crippen LogP contribution in [-0.2, 0) is 14.3 Å². The molecule has 4 nitrogen and oxygen atoms in total. The maximum absolute atomic E-state index is 12.0. The second-order valence-electron chi connectivity index (χ2n) is 6.84. The Morgan fingerprint density at radius 3 is 2.65 bits per heavy atom. The van der Waals surface area contributed by atoms with Crippen molar-refractivity contribution in [2.75, 3.05) is 6.61 Å². The van der Waals surface area contributed by atoms with Gasteiger partial charge in [-0.25, -0.2) is 9.59 Å². The van der Waals surface area contributed by atoms with Gasteiger partial charge in [0.1, 0.15) is 11.0 Å². The third-order valence-electron chi connectivity index (χ3n) is 4.51. The van der Waals surface area contributed by atoms with E-state index in [1.165, 1.54) is 17.8 Å². The van der Waals surface area contributed by atoms with Gasteiger partial charge < -0.3 is 9.47 Å². The Labute approximate surface area is 142 Å². The fraction of sp³-hybridized carbons (Fsp3) is 0.667. The Kier molecular flexibility index (Phi) is 6.22. The number of aryl methyl sites for hydroxylation is 1. The lowest BCUT2D eigenvalue weighted by atomic mass is 9.75. The summed E-state index contributed by atoms with van der Waals surface area (Å²) in [6.45, 7) is 8.13. The summed E-state index contributed by atoms with van der Waals surface area (Å²) in [5.41, 5.74) is 0. The first-order valence-corrected chi connectivity index (χ1v) is 9.11. The molecule has 0 aliphatic heterocycles. The molecule has 1 fully saturated rings. The Morgan fingerprint density at radius 1 is 1.30 bits per heavy atom. The van der Waals surface area contributed by atoms with Crippen molar-refractivity contribution in [2.45, 2.75) is 53.1 Å². The molecule has 1 heterocycles. The number of hydrogen-bond acceptors (Lipinski definition) is 5. The van der Waals surface area contributed by atoms with E-state index in [4.69, 9.17) is 9.47 Å². The molecular formula is C18H26O4S. The van der Waals surface area contributed by atoms with Crippen LogP contribution in [-0.4, -0.2) is 24.6 Å². The monoisotopic (exact) mass is 338 g/mol. The molecule has 0 saturated heterocycles. The first kappa shape index (κ1) is 18.0. The van der Waals surface area contributed by atoms with Crippen LogP contribution in [0.5, 0.6) is 0 Å². The molecule has 0 N–H and O–H groups in total. The molecule has 0 unspecified atom stereocenters. The van der Waals surface area contributed by atoms with Gasteiger partial charge in [0.2, 0.25) is 0 Å². The smallest absolute Gasteiger partial charge is 0.348 e. The molecule has 0 bridgehead atoms. The van der Waals surface area contributed by atoms with Gasteiger partial charge in [-0.05, 0) is 49.7 Å². The summed E-state index contributed by atoms with van der Waals surface area (Å²) in [7, 11) is 0. The molecule has 1 saturated carbocycles. The molecule has 0 spiro atoms. The van der Waals surface area contributed by atoms with Crippen molar-refractivity contribution in [1.29, 1.82) is 0 Å². The SMILES string of the molecule is Cc1ccc(C(=O)OCC(=O)O[C@@H]2C[C@@H](C)CC[C@H]2C(C)C)s1. The highest BCUT2D eigenvalue weighted by atomic mass is 32.1. The lowest BCUT2D eigenvalue weighted by Crippen LogP contribution is -2.36. The first-order chi connectivity index (χ1) is 10.9. The Morgan fingerprint density at radius 2 is 2.04 bits per heavy atom. The van der Waals surface area contributed by atoms with Crippen molar-refractivity contribution in [1.82, 2.24) is 0 Å². The van der Waals surface area contributed by atoms with E-state index in [0.717, 1.165) is 17.7 Å². The Balaban J connectivity index is 1.84. The highest BCUT2D eigenvalue weighted by Gasteiger charge is 2.33. The summed E-state index contributed by atoms with van der Waals surface area (Å²) >= 11 is 1.36. The van der Waals surface area contributed by atoms with E-state index >= 15 is 0 Å². The number of thiophene rings is 1. The van der Waals surface area contributed by atoms with Gasteiger partial charge in [-0.1, -0.05) is 27.2 Å². The molecule has 1 aromatic rings. The minimum atomic E-state index is -0.461. The van der Waals surface area contributed by atoms with Gasteiger partial charge in [0.05, 0.1) is 0 Å². The minimum absolute atomic E-state index is 0.0612. The average molecular weight is 338 g/mol. The van der Waals surface area contributed by atoms with Crippen LogP contribution >= 0.6 is 11.3 Å². The second kappa shape index (κ2) is 7.95. The van der Waals surface area contributed by atoms with Crippen molar-refractivity contribution in [3.05, 3.63) is 21.9 Å². The predicted molar refractivity (Wildman–Crippen MR) is 90.6 cm³/mol. The zero-order chi connectivity index (χ0) is 17.0. The van der Waals surface area contributed by atoms with E-state index in [1.54, 1.807) is 6.07 Å². The summed E-state index contributed by atoms with van der Waals surface area (Å²) in [6.07, 6.45) is 3.11. The largest absolute Gasteiger partial charge is 0.460 e. The summed E-state index contributed by atoms with van der Waals surface area (Å²) < 4.78 is 10.7. The van der Waals surface area contributed by atoms with Gasteiger partial charge in [0, 0.05) is 4.88 Å². The van der Waals surface area contributed by atoms with Crippen LogP contribution in [0.4, 0.5) is 0 Å². The van der Waals surface area contributed by atoms with Gasteiger partial charge in [0.15, 0.2) is 6.61 Å². The van der Waals surface area contributed by atoms with Gasteiger partial charge >= 0.3 is 11.9 Å². The summed E-state index contributed by atoms with van der Waals surface area (Å²) in [5, 5.41) is 0. The molecule has 23 heavy (non-hydrogen) atoms.